The summed E-state index contributed by atoms with van der Waals surface area (Å²) in [5.41, 5.74) is 0.632. The molecule has 0 spiro atoms. The van der Waals surface area contributed by atoms with Crippen molar-refractivity contribution in [3.05, 3.63) is 35.6 Å². The highest BCUT2D eigenvalue weighted by molar-refractivity contribution is 7.89. The Morgan fingerprint density at radius 2 is 2.08 bits per heavy atom. The van der Waals surface area contributed by atoms with Crippen molar-refractivity contribution in [2.75, 3.05) is 39.2 Å². The molecule has 2 fully saturated rings. The second-order valence-corrected chi connectivity index (χ2v) is 7.97. The van der Waals surface area contributed by atoms with Gasteiger partial charge in [-0.3, -0.25) is 0 Å². The molecule has 0 amide bonds. The van der Waals surface area contributed by atoms with Crippen LogP contribution >= 0.6 is 0 Å². The minimum atomic E-state index is -3.57. The average Bonchev–Trinajstić information content (AvgIpc) is 2.60. The molecule has 0 radical (unpaired) electrons. The zero-order valence-corrected chi connectivity index (χ0v) is 14.4. The van der Waals surface area contributed by atoms with E-state index in [1.807, 2.05) is 0 Å². The van der Waals surface area contributed by atoms with E-state index in [0.29, 0.717) is 38.3 Å². The number of morpholine rings is 1. The molecule has 2 saturated heterocycles. The lowest BCUT2D eigenvalue weighted by atomic mass is 10.1. The summed E-state index contributed by atoms with van der Waals surface area (Å²) >= 11 is 0. The average molecular weight is 359 g/mol. The molecule has 1 aromatic rings. The van der Waals surface area contributed by atoms with Crippen molar-refractivity contribution in [3.63, 3.8) is 0 Å². The van der Waals surface area contributed by atoms with Crippen molar-refractivity contribution >= 4 is 10.0 Å². The second-order valence-electron chi connectivity index (χ2n) is 6.01. The van der Waals surface area contributed by atoms with Gasteiger partial charge in [-0.05, 0) is 24.1 Å². The maximum absolute atomic E-state index is 13.1. The van der Waals surface area contributed by atoms with E-state index in [9.17, 15) is 12.8 Å². The third-order valence-electron chi connectivity index (χ3n) is 4.52. The first-order valence-corrected chi connectivity index (χ1v) is 9.59. The van der Waals surface area contributed by atoms with E-state index in [-0.39, 0.29) is 23.7 Å². The van der Waals surface area contributed by atoms with Crippen molar-refractivity contribution < 1.29 is 27.0 Å². The molecule has 2 aliphatic rings. The van der Waals surface area contributed by atoms with Crippen LogP contribution in [0.4, 0.5) is 4.39 Å². The molecule has 3 atom stereocenters. The van der Waals surface area contributed by atoms with Gasteiger partial charge in [-0.15, -0.1) is 0 Å². The van der Waals surface area contributed by atoms with Gasteiger partial charge >= 0.3 is 0 Å². The number of sulfonamides is 1. The Hall–Kier alpha value is -1.06. The number of hydrogen-bond donors (Lipinski definition) is 0. The number of fused-ring (bicyclic) bond motifs is 1. The summed E-state index contributed by atoms with van der Waals surface area (Å²) in [6, 6.07) is 5.40. The Kier molecular flexibility index (Phi) is 5.51. The molecule has 6 nitrogen and oxygen atoms in total. The number of nitrogens with zero attached hydrogens (tertiary/aromatic N) is 1. The zero-order chi connectivity index (χ0) is 17.2. The molecule has 1 aromatic carbocycles. The van der Waals surface area contributed by atoms with Crippen LogP contribution in [0.25, 0.3) is 0 Å². The topological polar surface area (TPSA) is 65.1 Å². The lowest BCUT2D eigenvalue weighted by Gasteiger charge is -2.42. The standard InChI is InChI=1S/C16H22FNO5S/c1-21-16(12-2-4-13(17)5-3-12)11-24(19,20)18-7-9-23-15-6-8-22-10-14(15)18/h2-5,14-16H,6-11H2,1H3. The van der Waals surface area contributed by atoms with Gasteiger partial charge < -0.3 is 14.2 Å². The van der Waals surface area contributed by atoms with Crippen molar-refractivity contribution in [3.8, 4) is 0 Å². The van der Waals surface area contributed by atoms with Gasteiger partial charge in [0.25, 0.3) is 0 Å². The number of halogens is 1. The fraction of sp³-hybridized carbons (Fsp3) is 0.625. The molecule has 8 heteroatoms. The van der Waals surface area contributed by atoms with E-state index in [1.165, 1.54) is 23.5 Å². The minimum Gasteiger partial charge on any atom is -0.380 e. The van der Waals surface area contributed by atoms with Crippen molar-refractivity contribution in [1.29, 1.82) is 0 Å². The molecular formula is C16H22FNO5S. The fourth-order valence-corrected chi connectivity index (χ4v) is 5.10. The van der Waals surface area contributed by atoms with Crippen LogP contribution in [0.5, 0.6) is 0 Å². The van der Waals surface area contributed by atoms with Gasteiger partial charge in [0.05, 0.1) is 37.2 Å². The highest BCUT2D eigenvalue weighted by Crippen LogP contribution is 2.27. The van der Waals surface area contributed by atoms with E-state index in [0.717, 1.165) is 0 Å². The Labute approximate surface area is 141 Å². The number of hydrogen-bond acceptors (Lipinski definition) is 5. The lowest BCUT2D eigenvalue weighted by molar-refractivity contribution is -0.107. The Bertz CT molecular complexity index is 649. The van der Waals surface area contributed by atoms with E-state index < -0.39 is 16.1 Å². The lowest BCUT2D eigenvalue weighted by Crippen LogP contribution is -2.58. The molecule has 2 heterocycles. The van der Waals surface area contributed by atoms with Crippen molar-refractivity contribution in [2.24, 2.45) is 0 Å². The summed E-state index contributed by atoms with van der Waals surface area (Å²) < 4.78 is 56.8. The quantitative estimate of drug-likeness (QED) is 0.794. The molecular weight excluding hydrogens is 337 g/mol. The van der Waals surface area contributed by atoms with Crippen LogP contribution in [-0.2, 0) is 24.2 Å². The molecule has 3 unspecified atom stereocenters. The normalized spacial score (nSPS) is 26.8. The summed E-state index contributed by atoms with van der Waals surface area (Å²) in [5.74, 6) is -0.565. The van der Waals surface area contributed by atoms with Crippen molar-refractivity contribution in [1.82, 2.24) is 4.31 Å². The third-order valence-corrected chi connectivity index (χ3v) is 6.42. The fourth-order valence-electron chi connectivity index (χ4n) is 3.24. The Morgan fingerprint density at radius 3 is 2.79 bits per heavy atom. The van der Waals surface area contributed by atoms with Gasteiger partial charge in [0.15, 0.2) is 0 Å². The molecule has 0 N–H and O–H groups in total. The molecule has 2 aliphatic heterocycles. The Balaban J connectivity index is 1.77. The van der Waals surface area contributed by atoms with Crippen LogP contribution in [0.3, 0.4) is 0 Å². The number of benzene rings is 1. The number of rotatable bonds is 5. The van der Waals surface area contributed by atoms with Crippen LogP contribution in [-0.4, -0.2) is 64.1 Å². The van der Waals surface area contributed by atoms with Gasteiger partial charge in [-0.25, -0.2) is 12.8 Å². The molecule has 0 bridgehead atoms. The molecule has 0 saturated carbocycles. The van der Waals surface area contributed by atoms with Gasteiger partial charge in [0.2, 0.25) is 10.0 Å². The van der Waals surface area contributed by atoms with Crippen molar-refractivity contribution in [2.45, 2.75) is 24.7 Å². The third kappa shape index (κ3) is 3.78. The van der Waals surface area contributed by atoms with Crippen LogP contribution < -0.4 is 0 Å². The molecule has 0 aromatic heterocycles. The smallest absolute Gasteiger partial charge is 0.217 e. The molecule has 3 rings (SSSR count). The maximum Gasteiger partial charge on any atom is 0.217 e. The molecule has 24 heavy (non-hydrogen) atoms. The minimum absolute atomic E-state index is 0.117. The number of ether oxygens (including phenoxy) is 3. The van der Waals surface area contributed by atoms with Gasteiger partial charge in [-0.2, -0.15) is 4.31 Å². The molecule has 0 aliphatic carbocycles. The van der Waals surface area contributed by atoms with Crippen LogP contribution in [0, 0.1) is 5.82 Å². The Morgan fingerprint density at radius 1 is 1.33 bits per heavy atom. The van der Waals surface area contributed by atoms with Gasteiger partial charge in [-0.1, -0.05) is 12.1 Å². The van der Waals surface area contributed by atoms with Crippen LogP contribution in [0.15, 0.2) is 24.3 Å². The summed E-state index contributed by atoms with van der Waals surface area (Å²) in [7, 11) is -2.11. The van der Waals surface area contributed by atoms with E-state index >= 15 is 0 Å². The molecule has 134 valence electrons. The SMILES string of the molecule is COC(CS(=O)(=O)N1CCOC2CCOCC21)c1ccc(F)cc1. The summed E-state index contributed by atoms with van der Waals surface area (Å²) in [5, 5.41) is 0. The predicted octanol–water partition coefficient (Wildman–Crippen LogP) is 1.33. The van der Waals surface area contributed by atoms with Crippen LogP contribution in [0.1, 0.15) is 18.1 Å². The highest BCUT2D eigenvalue weighted by atomic mass is 32.2. The van der Waals surface area contributed by atoms with E-state index in [2.05, 4.69) is 0 Å². The monoisotopic (exact) mass is 359 g/mol. The summed E-state index contributed by atoms with van der Waals surface area (Å²) in [6.07, 6.45) is -0.0713. The first-order chi connectivity index (χ1) is 11.5. The first-order valence-electron chi connectivity index (χ1n) is 7.98. The van der Waals surface area contributed by atoms with Gasteiger partial charge in [0.1, 0.15) is 5.82 Å². The van der Waals surface area contributed by atoms with E-state index in [1.54, 1.807) is 12.1 Å². The number of methoxy groups -OCH3 is 1. The predicted molar refractivity (Wildman–Crippen MR) is 85.6 cm³/mol. The largest absolute Gasteiger partial charge is 0.380 e. The highest BCUT2D eigenvalue weighted by Gasteiger charge is 2.41. The van der Waals surface area contributed by atoms with Gasteiger partial charge in [0, 0.05) is 20.3 Å². The zero-order valence-electron chi connectivity index (χ0n) is 13.6. The first kappa shape index (κ1) is 17.8. The summed E-state index contributed by atoms with van der Waals surface area (Å²) in [6.45, 7) is 1.63. The van der Waals surface area contributed by atoms with Crippen LogP contribution in [0.2, 0.25) is 0 Å². The van der Waals surface area contributed by atoms with E-state index in [4.69, 9.17) is 14.2 Å². The maximum atomic E-state index is 13.1. The second kappa shape index (κ2) is 7.45. The summed E-state index contributed by atoms with van der Waals surface area (Å²) in [4.78, 5) is 0.